The lowest BCUT2D eigenvalue weighted by molar-refractivity contribution is -0.140. The second kappa shape index (κ2) is 13.8. The number of amides is 2. The molecule has 0 radical (unpaired) electrons. The fourth-order valence-corrected chi connectivity index (χ4v) is 6.18. The van der Waals surface area contributed by atoms with Gasteiger partial charge in [0.2, 0.25) is 21.8 Å². The molecule has 1 saturated carbocycles. The van der Waals surface area contributed by atoms with Crippen LogP contribution in [0.1, 0.15) is 48.8 Å². The zero-order valence-electron chi connectivity index (χ0n) is 23.6. The van der Waals surface area contributed by atoms with Crippen molar-refractivity contribution in [2.75, 3.05) is 17.1 Å². The molecule has 0 aliphatic heterocycles. The van der Waals surface area contributed by atoms with E-state index in [1.165, 1.54) is 17.0 Å². The summed E-state index contributed by atoms with van der Waals surface area (Å²) in [6.45, 7) is 1.54. The highest BCUT2D eigenvalue weighted by Gasteiger charge is 2.34. The molecule has 1 atom stereocenters. The van der Waals surface area contributed by atoms with E-state index in [4.69, 9.17) is 0 Å². The monoisotopic (exact) mass is 579 g/mol. The normalized spacial score (nSPS) is 14.7. The first-order valence-electron chi connectivity index (χ1n) is 14.0. The van der Waals surface area contributed by atoms with E-state index in [-0.39, 0.29) is 30.6 Å². The molecule has 4 rings (SSSR count). The van der Waals surface area contributed by atoms with Crippen molar-refractivity contribution in [3.05, 3.63) is 101 Å². The van der Waals surface area contributed by atoms with Crippen molar-refractivity contribution < 1.29 is 22.4 Å². The van der Waals surface area contributed by atoms with E-state index in [1.54, 1.807) is 0 Å². The Morgan fingerprint density at radius 3 is 2.22 bits per heavy atom. The minimum atomic E-state index is -3.90. The number of nitrogens with one attached hydrogen (secondary N) is 1. The highest BCUT2D eigenvalue weighted by atomic mass is 32.2. The van der Waals surface area contributed by atoms with Gasteiger partial charge in [0.05, 0.1) is 11.9 Å². The van der Waals surface area contributed by atoms with E-state index < -0.39 is 34.3 Å². The Bertz CT molecular complexity index is 1420. The molecule has 0 aromatic heterocycles. The third-order valence-corrected chi connectivity index (χ3v) is 8.59. The van der Waals surface area contributed by atoms with Crippen molar-refractivity contribution >= 4 is 27.5 Å². The van der Waals surface area contributed by atoms with Gasteiger partial charge in [-0.3, -0.25) is 13.9 Å². The Balaban J connectivity index is 1.71. The molecule has 7 nitrogen and oxygen atoms in total. The van der Waals surface area contributed by atoms with Gasteiger partial charge in [-0.2, -0.15) is 0 Å². The van der Waals surface area contributed by atoms with Gasteiger partial charge in [0.15, 0.2) is 0 Å². The highest BCUT2D eigenvalue weighted by molar-refractivity contribution is 7.92. The van der Waals surface area contributed by atoms with E-state index in [0.717, 1.165) is 71.5 Å². The van der Waals surface area contributed by atoms with Crippen LogP contribution in [-0.4, -0.2) is 50.0 Å². The van der Waals surface area contributed by atoms with Gasteiger partial charge in [0.25, 0.3) is 0 Å². The molecule has 3 aromatic rings. The Labute approximate surface area is 242 Å². The second-order valence-electron chi connectivity index (χ2n) is 10.8. The Morgan fingerprint density at radius 2 is 1.59 bits per heavy atom. The zero-order valence-corrected chi connectivity index (χ0v) is 24.4. The molecular weight excluding hydrogens is 541 g/mol. The lowest BCUT2D eigenvalue weighted by Crippen LogP contribution is -2.55. The standard InChI is InChI=1S/C32H38FN3O4S/c1-24-10-9-13-26(20-24)22-35(31(37)23-36(41(2,39)40)29-18-16-27(33)17-19-29)30(21-25-11-5-3-6-12-25)32(38)34-28-14-7-4-8-15-28/h3,5-6,9-13,16-20,28,30H,4,7-8,14-15,21-23H2,1-2H3,(H,34,38)/t30-/m1/s1. The SMILES string of the molecule is Cc1cccc(CN(C(=O)CN(c2ccc(F)cc2)S(C)(=O)=O)[C@H](Cc2ccccc2)C(=O)NC2CCCCC2)c1. The van der Waals surface area contributed by atoms with Crippen molar-refractivity contribution in [1.82, 2.24) is 10.2 Å². The molecule has 9 heteroatoms. The van der Waals surface area contributed by atoms with Crippen molar-refractivity contribution in [1.29, 1.82) is 0 Å². The first kappa shape index (κ1) is 30.2. The highest BCUT2D eigenvalue weighted by Crippen LogP contribution is 2.22. The van der Waals surface area contributed by atoms with Gasteiger partial charge in [-0.25, -0.2) is 12.8 Å². The van der Waals surface area contributed by atoms with Crippen molar-refractivity contribution in [3.8, 4) is 0 Å². The summed E-state index contributed by atoms with van der Waals surface area (Å²) < 4.78 is 40.2. The van der Waals surface area contributed by atoms with Crippen LogP contribution in [0, 0.1) is 12.7 Å². The summed E-state index contributed by atoms with van der Waals surface area (Å²) in [6, 6.07) is 21.3. The molecule has 0 spiro atoms. The van der Waals surface area contributed by atoms with Crippen LogP contribution < -0.4 is 9.62 Å². The smallest absolute Gasteiger partial charge is 0.244 e. The fourth-order valence-electron chi connectivity index (χ4n) is 5.33. The van der Waals surface area contributed by atoms with Crippen LogP contribution in [0.25, 0.3) is 0 Å². The molecule has 3 aromatic carbocycles. The van der Waals surface area contributed by atoms with Crippen LogP contribution in [0.4, 0.5) is 10.1 Å². The molecule has 218 valence electrons. The van der Waals surface area contributed by atoms with Gasteiger partial charge in [-0.1, -0.05) is 79.4 Å². The average molecular weight is 580 g/mol. The third kappa shape index (κ3) is 8.63. The summed E-state index contributed by atoms with van der Waals surface area (Å²) in [5.41, 5.74) is 2.89. The number of benzene rings is 3. The van der Waals surface area contributed by atoms with E-state index >= 15 is 0 Å². The molecule has 1 fully saturated rings. The van der Waals surface area contributed by atoms with Crippen molar-refractivity contribution in [2.24, 2.45) is 0 Å². The number of hydrogen-bond acceptors (Lipinski definition) is 4. The predicted molar refractivity (Wildman–Crippen MR) is 159 cm³/mol. The minimum Gasteiger partial charge on any atom is -0.352 e. The van der Waals surface area contributed by atoms with Crippen molar-refractivity contribution in [3.63, 3.8) is 0 Å². The van der Waals surface area contributed by atoms with Gasteiger partial charge in [-0.05, 0) is 55.2 Å². The first-order valence-corrected chi connectivity index (χ1v) is 15.9. The topological polar surface area (TPSA) is 86.8 Å². The zero-order chi connectivity index (χ0) is 29.4. The summed E-state index contributed by atoms with van der Waals surface area (Å²) in [5, 5.41) is 3.19. The first-order chi connectivity index (χ1) is 19.6. The summed E-state index contributed by atoms with van der Waals surface area (Å²) in [6.07, 6.45) is 6.28. The molecule has 0 heterocycles. The number of anilines is 1. The summed E-state index contributed by atoms with van der Waals surface area (Å²) in [5.74, 6) is -1.30. The lowest BCUT2D eigenvalue weighted by Gasteiger charge is -2.35. The van der Waals surface area contributed by atoms with Gasteiger partial charge in [0, 0.05) is 19.0 Å². The van der Waals surface area contributed by atoms with Crippen LogP contribution >= 0.6 is 0 Å². The number of halogens is 1. The van der Waals surface area contributed by atoms with Gasteiger partial charge in [0.1, 0.15) is 18.4 Å². The lowest BCUT2D eigenvalue weighted by atomic mass is 9.94. The number of hydrogen-bond donors (Lipinski definition) is 1. The Morgan fingerprint density at radius 1 is 0.927 bits per heavy atom. The maximum Gasteiger partial charge on any atom is 0.244 e. The van der Waals surface area contributed by atoms with Crippen LogP contribution in [0.15, 0.2) is 78.9 Å². The molecule has 0 saturated heterocycles. The second-order valence-corrected chi connectivity index (χ2v) is 12.7. The van der Waals surface area contributed by atoms with E-state index in [9.17, 15) is 22.4 Å². The largest absolute Gasteiger partial charge is 0.352 e. The van der Waals surface area contributed by atoms with E-state index in [2.05, 4.69) is 5.32 Å². The summed E-state index contributed by atoms with van der Waals surface area (Å²) >= 11 is 0. The average Bonchev–Trinajstić information content (AvgIpc) is 2.94. The van der Waals surface area contributed by atoms with Gasteiger partial charge < -0.3 is 10.2 Å². The number of rotatable bonds is 11. The van der Waals surface area contributed by atoms with Gasteiger partial charge in [-0.15, -0.1) is 0 Å². The number of sulfonamides is 1. The summed E-state index contributed by atoms with van der Waals surface area (Å²) in [7, 11) is -3.90. The Kier molecular flexibility index (Phi) is 10.2. The molecule has 1 N–H and O–H groups in total. The molecule has 0 unspecified atom stereocenters. The fraction of sp³-hybridized carbons (Fsp3) is 0.375. The van der Waals surface area contributed by atoms with Crippen LogP contribution in [0.2, 0.25) is 0 Å². The van der Waals surface area contributed by atoms with E-state index in [1.807, 2.05) is 61.5 Å². The maximum absolute atomic E-state index is 14.1. The number of carbonyl (C=O) groups excluding carboxylic acids is 2. The molecule has 41 heavy (non-hydrogen) atoms. The molecule has 2 amide bonds. The predicted octanol–water partition coefficient (Wildman–Crippen LogP) is 4.99. The van der Waals surface area contributed by atoms with Gasteiger partial charge >= 0.3 is 0 Å². The van der Waals surface area contributed by atoms with Crippen LogP contribution in [0.3, 0.4) is 0 Å². The molecule has 1 aliphatic carbocycles. The number of aryl methyl sites for hydroxylation is 1. The molecule has 1 aliphatic rings. The molecular formula is C32H38FN3O4S. The Hall–Kier alpha value is -3.72. The van der Waals surface area contributed by atoms with E-state index in [0.29, 0.717) is 0 Å². The number of nitrogens with zero attached hydrogens (tertiary/aromatic N) is 2. The maximum atomic E-state index is 14.1. The minimum absolute atomic E-state index is 0.0391. The summed E-state index contributed by atoms with van der Waals surface area (Å²) in [4.78, 5) is 29.5. The van der Waals surface area contributed by atoms with Crippen LogP contribution in [-0.2, 0) is 32.6 Å². The molecule has 0 bridgehead atoms. The number of carbonyl (C=O) groups is 2. The van der Waals surface area contributed by atoms with Crippen molar-refractivity contribution in [2.45, 2.75) is 64.1 Å². The van der Waals surface area contributed by atoms with Crippen LogP contribution in [0.5, 0.6) is 0 Å². The third-order valence-electron chi connectivity index (χ3n) is 7.45. The quantitative estimate of drug-likeness (QED) is 0.347.